The predicted molar refractivity (Wildman–Crippen MR) is 171 cm³/mol. The highest BCUT2D eigenvalue weighted by Crippen LogP contribution is 2.75. The van der Waals surface area contributed by atoms with Crippen LogP contribution in [0.3, 0.4) is 0 Å². The molecule has 3 saturated carbocycles. The second kappa shape index (κ2) is 9.11. The number of rotatable bonds is 2. The van der Waals surface area contributed by atoms with Gasteiger partial charge in [-0.25, -0.2) is 0 Å². The van der Waals surface area contributed by atoms with Crippen LogP contribution in [0.1, 0.15) is 128 Å². The molecule has 0 spiro atoms. The molecule has 6 heteroatoms. The number of ketones is 1. The van der Waals surface area contributed by atoms with Crippen molar-refractivity contribution in [2.45, 2.75) is 139 Å². The second-order valence-corrected chi connectivity index (χ2v) is 18.5. The first-order valence-electron chi connectivity index (χ1n) is 17.0. The van der Waals surface area contributed by atoms with Gasteiger partial charge in [-0.05, 0) is 130 Å². The SMILES string of the molecule is COC(=O)[C@]12CCC(C)(C)C[C@H]1[C@H]1C(=O)C=C3[C@@]4(C)CC=C(B5OC(C)(C)C(C)(C)O5)C(C)(C)[C@@H]4CC[C@@]3(C)[C@]1(C)CC2. The Morgan fingerprint density at radius 3 is 2.09 bits per heavy atom. The van der Waals surface area contributed by atoms with Gasteiger partial charge in [-0.15, -0.1) is 0 Å². The maximum absolute atomic E-state index is 14.7. The minimum atomic E-state index is -0.541. The van der Waals surface area contributed by atoms with Crippen LogP contribution in [0.5, 0.6) is 0 Å². The third-order valence-electron chi connectivity index (χ3n) is 15.1. The molecule has 0 bridgehead atoms. The minimum absolute atomic E-state index is 0.0211. The fraction of sp³-hybridized carbons (Fsp3) is 0.838. The lowest BCUT2D eigenvalue weighted by Gasteiger charge is -2.69. The maximum atomic E-state index is 14.7. The van der Waals surface area contributed by atoms with Crippen LogP contribution < -0.4 is 0 Å². The zero-order chi connectivity index (χ0) is 31.8. The van der Waals surface area contributed by atoms with Crippen LogP contribution >= 0.6 is 0 Å². The van der Waals surface area contributed by atoms with Gasteiger partial charge in [-0.2, -0.15) is 0 Å². The molecule has 1 heterocycles. The lowest BCUT2D eigenvalue weighted by atomic mass is 9.33. The van der Waals surface area contributed by atoms with Crippen molar-refractivity contribution in [1.29, 1.82) is 0 Å². The predicted octanol–water partition coefficient (Wildman–Crippen LogP) is 8.31. The molecule has 43 heavy (non-hydrogen) atoms. The molecule has 0 aromatic heterocycles. The maximum Gasteiger partial charge on any atom is 0.490 e. The van der Waals surface area contributed by atoms with Crippen LogP contribution in [0.2, 0.25) is 0 Å². The number of hydrogen-bond acceptors (Lipinski definition) is 5. The van der Waals surface area contributed by atoms with Gasteiger partial charge in [0.05, 0.1) is 23.7 Å². The number of hydrogen-bond donors (Lipinski definition) is 0. The first-order chi connectivity index (χ1) is 19.6. The van der Waals surface area contributed by atoms with E-state index < -0.39 is 5.41 Å². The van der Waals surface area contributed by atoms with Crippen molar-refractivity contribution in [3.8, 4) is 0 Å². The van der Waals surface area contributed by atoms with Crippen LogP contribution in [0.25, 0.3) is 0 Å². The standard InChI is InChI=1S/C37H57BO5/c1-30(2)17-19-37(29(40)41-12)20-18-36(11)28(23(37)22-30)24(39)21-26-34(9)15-14-27(38-42-32(5,6)33(7,8)43-38)31(3,4)25(34)13-16-35(26,36)10/h14,21,23,25,28H,13,15-20,22H2,1-12H3/t23-,25-,28-,34-,35+,36+,37-/m0/s1. The van der Waals surface area contributed by atoms with E-state index in [2.05, 4.69) is 88.3 Å². The van der Waals surface area contributed by atoms with Crippen molar-refractivity contribution in [3.05, 3.63) is 23.2 Å². The molecular weight excluding hydrogens is 535 g/mol. The first-order valence-corrected chi connectivity index (χ1v) is 17.0. The number of methoxy groups -OCH3 is 1. The zero-order valence-electron chi connectivity index (χ0n) is 29.2. The normalized spacial score (nSPS) is 45.5. The van der Waals surface area contributed by atoms with Gasteiger partial charge in [0.25, 0.3) is 0 Å². The molecule has 6 rings (SSSR count). The van der Waals surface area contributed by atoms with Gasteiger partial charge in [0.15, 0.2) is 5.78 Å². The highest BCUT2D eigenvalue weighted by Gasteiger charge is 2.71. The summed E-state index contributed by atoms with van der Waals surface area (Å²) in [6.07, 6.45) is 12.0. The summed E-state index contributed by atoms with van der Waals surface area (Å²) in [5, 5.41) is 0. The van der Waals surface area contributed by atoms with Gasteiger partial charge in [0.1, 0.15) is 0 Å². The van der Waals surface area contributed by atoms with E-state index in [0.29, 0.717) is 5.92 Å². The van der Waals surface area contributed by atoms with Crippen molar-refractivity contribution in [2.24, 2.45) is 50.2 Å². The largest absolute Gasteiger partial charge is 0.490 e. The Bertz CT molecular complexity index is 1290. The lowest BCUT2D eigenvalue weighted by Crippen LogP contribution is -2.65. The number of fused-ring (bicyclic) bond motifs is 7. The van der Waals surface area contributed by atoms with E-state index in [-0.39, 0.29) is 69.0 Å². The summed E-state index contributed by atoms with van der Waals surface area (Å²) in [6.45, 7) is 25.2. The second-order valence-electron chi connectivity index (χ2n) is 18.5. The lowest BCUT2D eigenvalue weighted by molar-refractivity contribution is -0.191. The Morgan fingerprint density at radius 2 is 1.49 bits per heavy atom. The summed E-state index contributed by atoms with van der Waals surface area (Å²) in [5.41, 5.74) is 0.855. The summed E-state index contributed by atoms with van der Waals surface area (Å²) in [6, 6.07) is 0. The molecule has 7 atom stereocenters. The number of allylic oxidation sites excluding steroid dienone is 4. The van der Waals surface area contributed by atoms with Crippen molar-refractivity contribution in [3.63, 3.8) is 0 Å². The quantitative estimate of drug-likeness (QED) is 0.238. The molecule has 238 valence electrons. The first kappa shape index (κ1) is 31.6. The van der Waals surface area contributed by atoms with E-state index in [1.54, 1.807) is 0 Å². The van der Waals surface area contributed by atoms with Crippen LogP contribution in [-0.2, 0) is 23.6 Å². The van der Waals surface area contributed by atoms with E-state index in [9.17, 15) is 9.59 Å². The fourth-order valence-electron chi connectivity index (χ4n) is 11.6. The number of carbonyl (C=O) groups excluding carboxylic acids is 2. The number of ether oxygens (including phenoxy) is 1. The van der Waals surface area contributed by atoms with Crippen molar-refractivity contribution < 1.29 is 23.6 Å². The Balaban J connectivity index is 1.42. The molecule has 1 aliphatic heterocycles. The summed E-state index contributed by atoms with van der Waals surface area (Å²) in [4.78, 5) is 28.2. The molecular formula is C37H57BO5. The minimum Gasteiger partial charge on any atom is -0.469 e. The molecule has 0 amide bonds. The van der Waals surface area contributed by atoms with Crippen molar-refractivity contribution >= 4 is 18.9 Å². The third kappa shape index (κ3) is 3.96. The van der Waals surface area contributed by atoms with Gasteiger partial charge in [-0.3, -0.25) is 9.59 Å². The number of carbonyl (C=O) groups is 2. The molecule has 5 aliphatic carbocycles. The monoisotopic (exact) mass is 592 g/mol. The van der Waals surface area contributed by atoms with E-state index >= 15 is 0 Å². The summed E-state index contributed by atoms with van der Waals surface area (Å²) >= 11 is 0. The van der Waals surface area contributed by atoms with E-state index in [4.69, 9.17) is 14.0 Å². The van der Waals surface area contributed by atoms with Crippen molar-refractivity contribution in [2.75, 3.05) is 7.11 Å². The zero-order valence-corrected chi connectivity index (χ0v) is 29.2. The molecule has 5 nitrogen and oxygen atoms in total. The Morgan fingerprint density at radius 1 is 0.884 bits per heavy atom. The molecule has 0 unspecified atom stereocenters. The average Bonchev–Trinajstić information content (AvgIpc) is 3.10. The van der Waals surface area contributed by atoms with Crippen LogP contribution in [0.4, 0.5) is 0 Å². The molecule has 1 saturated heterocycles. The Hall–Kier alpha value is -1.40. The van der Waals surface area contributed by atoms with Gasteiger partial charge in [0.2, 0.25) is 0 Å². The summed E-state index contributed by atoms with van der Waals surface area (Å²) in [7, 11) is 1.18. The summed E-state index contributed by atoms with van der Waals surface area (Å²) in [5.74, 6) is 0.408. The van der Waals surface area contributed by atoms with E-state index in [1.165, 1.54) is 18.2 Å². The van der Waals surface area contributed by atoms with Gasteiger partial charge in [-0.1, -0.05) is 60.1 Å². The molecule has 0 N–H and O–H groups in total. The Kier molecular flexibility index (Phi) is 6.69. The molecule has 0 aromatic rings. The summed E-state index contributed by atoms with van der Waals surface area (Å²) < 4.78 is 18.7. The molecule has 6 aliphatic rings. The average molecular weight is 593 g/mol. The van der Waals surface area contributed by atoms with E-state index in [1.807, 2.05) is 0 Å². The third-order valence-corrected chi connectivity index (χ3v) is 15.1. The van der Waals surface area contributed by atoms with Crippen LogP contribution in [0.15, 0.2) is 23.2 Å². The Labute approximate surface area is 261 Å². The van der Waals surface area contributed by atoms with Crippen molar-refractivity contribution in [1.82, 2.24) is 0 Å². The highest BCUT2D eigenvalue weighted by atomic mass is 16.7. The van der Waals surface area contributed by atoms with E-state index in [0.717, 1.165) is 51.4 Å². The van der Waals surface area contributed by atoms with Crippen LogP contribution in [0, 0.1) is 50.2 Å². The molecule has 0 radical (unpaired) electrons. The molecule has 4 fully saturated rings. The van der Waals surface area contributed by atoms with Crippen LogP contribution in [-0.4, -0.2) is 37.2 Å². The fourth-order valence-corrected chi connectivity index (χ4v) is 11.6. The highest BCUT2D eigenvalue weighted by molar-refractivity contribution is 6.55. The topological polar surface area (TPSA) is 61.8 Å². The van der Waals surface area contributed by atoms with Gasteiger partial charge in [0, 0.05) is 5.92 Å². The van der Waals surface area contributed by atoms with Gasteiger partial charge < -0.3 is 14.0 Å². The number of esters is 1. The van der Waals surface area contributed by atoms with Gasteiger partial charge >= 0.3 is 13.1 Å². The molecule has 0 aromatic carbocycles. The smallest absolute Gasteiger partial charge is 0.469 e.